The number of nitrogens with one attached hydrogen (secondary N) is 1. The van der Waals surface area contributed by atoms with Crippen LogP contribution in [0.3, 0.4) is 0 Å². The van der Waals surface area contributed by atoms with E-state index in [-0.39, 0.29) is 6.04 Å². The summed E-state index contributed by atoms with van der Waals surface area (Å²) in [6, 6.07) is 11.7. The fourth-order valence-corrected chi connectivity index (χ4v) is 1.87. The molecule has 4 nitrogen and oxygen atoms in total. The molecule has 0 fully saturated rings. The van der Waals surface area contributed by atoms with Gasteiger partial charge < -0.3 is 4.74 Å². The van der Waals surface area contributed by atoms with Crippen molar-refractivity contribution in [1.29, 1.82) is 0 Å². The maximum atomic E-state index is 5.64. The average Bonchev–Trinajstić information content (AvgIpc) is 2.40. The van der Waals surface area contributed by atoms with Crippen LogP contribution >= 0.6 is 0 Å². The number of hydrazine groups is 1. The van der Waals surface area contributed by atoms with E-state index in [9.17, 15) is 0 Å². The minimum atomic E-state index is -0.115. The molecular formula is C14H17N3O. The third-order valence-corrected chi connectivity index (χ3v) is 2.85. The molecule has 0 amide bonds. The molecule has 0 radical (unpaired) electrons. The van der Waals surface area contributed by atoms with E-state index in [1.807, 2.05) is 43.3 Å². The van der Waals surface area contributed by atoms with Gasteiger partial charge in [-0.1, -0.05) is 12.1 Å². The maximum Gasteiger partial charge on any atom is 0.118 e. The Bertz CT molecular complexity index is 511. The predicted molar refractivity (Wildman–Crippen MR) is 71.1 cm³/mol. The van der Waals surface area contributed by atoms with Crippen LogP contribution in [0.1, 0.15) is 22.9 Å². The van der Waals surface area contributed by atoms with Crippen LogP contribution in [0.2, 0.25) is 0 Å². The van der Waals surface area contributed by atoms with Crippen LogP contribution in [-0.4, -0.2) is 12.1 Å². The largest absolute Gasteiger partial charge is 0.497 e. The summed E-state index contributed by atoms with van der Waals surface area (Å²) in [4.78, 5) is 4.36. The van der Waals surface area contributed by atoms with Gasteiger partial charge >= 0.3 is 0 Å². The van der Waals surface area contributed by atoms with Crippen molar-refractivity contribution >= 4 is 0 Å². The summed E-state index contributed by atoms with van der Waals surface area (Å²) in [7, 11) is 1.65. The molecule has 94 valence electrons. The molecule has 2 rings (SSSR count). The summed E-state index contributed by atoms with van der Waals surface area (Å²) >= 11 is 0. The average molecular weight is 243 g/mol. The van der Waals surface area contributed by atoms with Crippen molar-refractivity contribution < 1.29 is 4.74 Å². The minimum absolute atomic E-state index is 0.115. The minimum Gasteiger partial charge on any atom is -0.497 e. The second-order valence-corrected chi connectivity index (χ2v) is 4.13. The number of benzene rings is 1. The van der Waals surface area contributed by atoms with Crippen molar-refractivity contribution in [2.75, 3.05) is 7.11 Å². The third kappa shape index (κ3) is 2.67. The van der Waals surface area contributed by atoms with Crippen molar-refractivity contribution in [3.63, 3.8) is 0 Å². The van der Waals surface area contributed by atoms with Gasteiger partial charge in [-0.2, -0.15) is 0 Å². The number of rotatable bonds is 4. The fourth-order valence-electron chi connectivity index (χ4n) is 1.87. The van der Waals surface area contributed by atoms with Gasteiger partial charge in [0.1, 0.15) is 5.75 Å². The molecule has 18 heavy (non-hydrogen) atoms. The topological polar surface area (TPSA) is 60.2 Å². The van der Waals surface area contributed by atoms with Gasteiger partial charge in [0.2, 0.25) is 0 Å². The van der Waals surface area contributed by atoms with Crippen LogP contribution in [0, 0.1) is 6.92 Å². The molecule has 1 aromatic heterocycles. The zero-order valence-electron chi connectivity index (χ0n) is 10.6. The summed E-state index contributed by atoms with van der Waals surface area (Å²) in [5, 5.41) is 0. The van der Waals surface area contributed by atoms with Crippen molar-refractivity contribution in [3.05, 3.63) is 59.4 Å². The summed E-state index contributed by atoms with van der Waals surface area (Å²) in [5.74, 6) is 6.46. The Hall–Kier alpha value is -1.91. The summed E-state index contributed by atoms with van der Waals surface area (Å²) in [6.07, 6.45) is 1.79. The molecule has 0 aliphatic carbocycles. The molecule has 3 N–H and O–H groups in total. The Morgan fingerprint density at radius 2 is 1.94 bits per heavy atom. The molecule has 1 heterocycles. The van der Waals surface area contributed by atoms with Gasteiger partial charge in [0, 0.05) is 6.20 Å². The van der Waals surface area contributed by atoms with Gasteiger partial charge in [0.05, 0.1) is 18.8 Å². The Morgan fingerprint density at radius 3 is 2.50 bits per heavy atom. The number of hydrogen-bond donors (Lipinski definition) is 2. The van der Waals surface area contributed by atoms with Gasteiger partial charge in [-0.3, -0.25) is 10.8 Å². The van der Waals surface area contributed by atoms with Crippen molar-refractivity contribution in [3.8, 4) is 5.75 Å². The van der Waals surface area contributed by atoms with Gasteiger partial charge in [0.25, 0.3) is 0 Å². The summed E-state index contributed by atoms with van der Waals surface area (Å²) in [6.45, 7) is 2.03. The highest BCUT2D eigenvalue weighted by Crippen LogP contribution is 2.22. The normalized spacial score (nSPS) is 12.2. The number of hydrogen-bond acceptors (Lipinski definition) is 4. The van der Waals surface area contributed by atoms with Crippen LogP contribution in [-0.2, 0) is 0 Å². The van der Waals surface area contributed by atoms with Crippen molar-refractivity contribution in [2.45, 2.75) is 13.0 Å². The number of aromatic nitrogens is 1. The van der Waals surface area contributed by atoms with E-state index >= 15 is 0 Å². The van der Waals surface area contributed by atoms with E-state index in [0.29, 0.717) is 0 Å². The lowest BCUT2D eigenvalue weighted by Crippen LogP contribution is -2.29. The summed E-state index contributed by atoms with van der Waals surface area (Å²) < 4.78 is 5.14. The van der Waals surface area contributed by atoms with Gasteiger partial charge in [-0.05, 0) is 42.3 Å². The first kappa shape index (κ1) is 12.5. The first-order chi connectivity index (χ1) is 8.74. The molecule has 0 bridgehead atoms. The monoisotopic (exact) mass is 243 g/mol. The standard InChI is InChI=1S/C14H17N3O/c1-10-7-8-16-13(9-10)14(17-15)11-3-5-12(18-2)6-4-11/h3-9,14,17H,15H2,1-2H3. The first-order valence-corrected chi connectivity index (χ1v) is 5.77. The van der Waals surface area contributed by atoms with E-state index < -0.39 is 0 Å². The lowest BCUT2D eigenvalue weighted by Gasteiger charge is -2.16. The Balaban J connectivity index is 2.32. The Kier molecular flexibility index (Phi) is 3.92. The third-order valence-electron chi connectivity index (χ3n) is 2.85. The highest BCUT2D eigenvalue weighted by atomic mass is 16.5. The van der Waals surface area contributed by atoms with E-state index in [1.165, 1.54) is 0 Å². The Labute approximate surface area is 107 Å². The molecule has 0 saturated carbocycles. The van der Waals surface area contributed by atoms with Gasteiger partial charge in [-0.25, -0.2) is 5.43 Å². The zero-order valence-corrected chi connectivity index (χ0v) is 10.6. The first-order valence-electron chi connectivity index (χ1n) is 5.77. The van der Waals surface area contributed by atoms with E-state index in [0.717, 1.165) is 22.6 Å². The quantitative estimate of drug-likeness (QED) is 0.636. The van der Waals surface area contributed by atoms with E-state index in [2.05, 4.69) is 10.4 Å². The molecular weight excluding hydrogens is 226 g/mol. The molecule has 1 aromatic carbocycles. The van der Waals surface area contributed by atoms with E-state index in [1.54, 1.807) is 13.3 Å². The van der Waals surface area contributed by atoms with Crippen LogP contribution in [0.15, 0.2) is 42.6 Å². The van der Waals surface area contributed by atoms with Gasteiger partial charge in [0.15, 0.2) is 0 Å². The maximum absolute atomic E-state index is 5.64. The Morgan fingerprint density at radius 1 is 1.22 bits per heavy atom. The van der Waals surface area contributed by atoms with Crippen LogP contribution in [0.5, 0.6) is 5.75 Å². The number of nitrogens with two attached hydrogens (primary N) is 1. The number of ether oxygens (including phenoxy) is 1. The van der Waals surface area contributed by atoms with Crippen LogP contribution in [0.25, 0.3) is 0 Å². The molecule has 1 atom stereocenters. The molecule has 0 aliphatic heterocycles. The molecule has 0 saturated heterocycles. The molecule has 1 unspecified atom stereocenters. The molecule has 0 aliphatic rings. The van der Waals surface area contributed by atoms with Crippen molar-refractivity contribution in [2.24, 2.45) is 5.84 Å². The smallest absolute Gasteiger partial charge is 0.118 e. The van der Waals surface area contributed by atoms with Crippen LogP contribution < -0.4 is 16.0 Å². The molecule has 2 aromatic rings. The van der Waals surface area contributed by atoms with Crippen molar-refractivity contribution in [1.82, 2.24) is 10.4 Å². The zero-order chi connectivity index (χ0) is 13.0. The lowest BCUT2D eigenvalue weighted by atomic mass is 10.0. The second-order valence-electron chi connectivity index (χ2n) is 4.13. The van der Waals surface area contributed by atoms with Crippen LogP contribution in [0.4, 0.5) is 0 Å². The fraction of sp³-hybridized carbons (Fsp3) is 0.214. The number of methoxy groups -OCH3 is 1. The molecule has 4 heteroatoms. The lowest BCUT2D eigenvalue weighted by molar-refractivity contribution is 0.414. The number of nitrogens with zero attached hydrogens (tertiary/aromatic N) is 1. The highest BCUT2D eigenvalue weighted by molar-refractivity contribution is 5.33. The second kappa shape index (κ2) is 5.62. The number of pyridine rings is 1. The predicted octanol–water partition coefficient (Wildman–Crippen LogP) is 1.95. The highest BCUT2D eigenvalue weighted by Gasteiger charge is 2.13. The molecule has 0 spiro atoms. The van der Waals surface area contributed by atoms with Gasteiger partial charge in [-0.15, -0.1) is 0 Å². The number of aryl methyl sites for hydroxylation is 1. The van der Waals surface area contributed by atoms with E-state index in [4.69, 9.17) is 10.6 Å². The summed E-state index contributed by atoms with van der Waals surface area (Å²) in [5.41, 5.74) is 5.91. The SMILES string of the molecule is COc1ccc(C(NN)c2cc(C)ccn2)cc1.